The van der Waals surface area contributed by atoms with Crippen molar-refractivity contribution in [2.75, 3.05) is 0 Å². The average Bonchev–Trinajstić information content (AvgIpc) is 2.18. The van der Waals surface area contributed by atoms with Gasteiger partial charge in [0.05, 0.1) is 5.56 Å². The van der Waals surface area contributed by atoms with Crippen LogP contribution in [0.3, 0.4) is 0 Å². The van der Waals surface area contributed by atoms with E-state index in [0.29, 0.717) is 12.4 Å². The highest BCUT2D eigenvalue weighted by Gasteiger charge is 2.14. The molecule has 0 fully saturated rings. The van der Waals surface area contributed by atoms with Crippen molar-refractivity contribution in [1.82, 2.24) is 0 Å². The topological polar surface area (TPSA) is 54.4 Å². The first kappa shape index (κ1) is 11.3. The zero-order valence-electron chi connectivity index (χ0n) is 7.67. The smallest absolute Gasteiger partial charge is 0.338 e. The molecule has 0 spiro atoms. The van der Waals surface area contributed by atoms with Crippen LogP contribution < -0.4 is 0 Å². The molecule has 0 heterocycles. The Hall–Kier alpha value is -1.78. The fraction of sp³-hybridized carbons (Fsp3) is 0.200. The number of carbonyl (C=O) groups excluding carboxylic acids is 1. The number of aldehydes is 1. The number of aromatic carboxylic acids is 1. The van der Waals surface area contributed by atoms with E-state index in [2.05, 4.69) is 0 Å². The highest BCUT2D eigenvalue weighted by Crippen LogP contribution is 2.16. The van der Waals surface area contributed by atoms with E-state index in [0.717, 1.165) is 6.07 Å². The van der Waals surface area contributed by atoms with Gasteiger partial charge in [0.2, 0.25) is 0 Å². The summed E-state index contributed by atoms with van der Waals surface area (Å²) in [5.74, 6) is -3.33. The van der Waals surface area contributed by atoms with Crippen molar-refractivity contribution in [2.45, 2.75) is 12.8 Å². The highest BCUT2D eigenvalue weighted by molar-refractivity contribution is 5.88. The van der Waals surface area contributed by atoms with Gasteiger partial charge in [0.15, 0.2) is 0 Å². The molecule has 3 nitrogen and oxygen atoms in total. The molecule has 15 heavy (non-hydrogen) atoms. The third-order valence-corrected chi connectivity index (χ3v) is 1.90. The van der Waals surface area contributed by atoms with Crippen LogP contribution in [0.5, 0.6) is 0 Å². The number of rotatable bonds is 4. The molecule has 1 aromatic carbocycles. The van der Waals surface area contributed by atoms with Crippen molar-refractivity contribution in [1.29, 1.82) is 0 Å². The molecule has 1 N–H and O–H groups in total. The maximum Gasteiger partial charge on any atom is 0.338 e. The molecule has 1 rings (SSSR count). The first-order valence-corrected chi connectivity index (χ1v) is 4.21. The summed E-state index contributed by atoms with van der Waals surface area (Å²) in [6, 6.07) is 1.43. The van der Waals surface area contributed by atoms with E-state index in [1.54, 1.807) is 0 Å². The predicted octanol–water partition coefficient (Wildman–Crippen LogP) is 1.79. The molecule has 0 aliphatic rings. The van der Waals surface area contributed by atoms with E-state index >= 15 is 0 Å². The minimum Gasteiger partial charge on any atom is -0.478 e. The van der Waals surface area contributed by atoms with Crippen LogP contribution in [0.4, 0.5) is 8.78 Å². The first-order valence-electron chi connectivity index (χ1n) is 4.21. The van der Waals surface area contributed by atoms with Gasteiger partial charge in [-0.15, -0.1) is 0 Å². The molecule has 0 aliphatic carbocycles. The van der Waals surface area contributed by atoms with Gasteiger partial charge in [-0.05, 0) is 24.1 Å². The summed E-state index contributed by atoms with van der Waals surface area (Å²) in [5.41, 5.74) is -0.702. The van der Waals surface area contributed by atoms with E-state index in [-0.39, 0.29) is 18.4 Å². The minimum absolute atomic E-state index is 0.00426. The lowest BCUT2D eigenvalue weighted by Crippen LogP contribution is -2.04. The van der Waals surface area contributed by atoms with Crippen LogP contribution in [0.1, 0.15) is 22.3 Å². The SMILES string of the molecule is O=CCCc1cc(F)c(C(=O)O)cc1F. The van der Waals surface area contributed by atoms with E-state index < -0.39 is 23.2 Å². The van der Waals surface area contributed by atoms with Gasteiger partial charge in [-0.2, -0.15) is 0 Å². The summed E-state index contributed by atoms with van der Waals surface area (Å²) in [4.78, 5) is 20.5. The van der Waals surface area contributed by atoms with Crippen LogP contribution >= 0.6 is 0 Å². The summed E-state index contributed by atoms with van der Waals surface area (Å²) < 4.78 is 26.2. The van der Waals surface area contributed by atoms with Crippen LogP contribution in [0.2, 0.25) is 0 Å². The number of benzene rings is 1. The number of hydrogen-bond donors (Lipinski definition) is 1. The van der Waals surface area contributed by atoms with Crippen molar-refractivity contribution >= 4 is 12.3 Å². The molecule has 0 atom stereocenters. The van der Waals surface area contributed by atoms with Crippen LogP contribution in [-0.2, 0) is 11.2 Å². The van der Waals surface area contributed by atoms with Gasteiger partial charge < -0.3 is 9.90 Å². The molecule has 80 valence electrons. The minimum atomic E-state index is -1.52. The van der Waals surface area contributed by atoms with Crippen LogP contribution in [-0.4, -0.2) is 17.4 Å². The maximum atomic E-state index is 13.2. The van der Waals surface area contributed by atoms with Crippen LogP contribution in [0, 0.1) is 11.6 Å². The maximum absolute atomic E-state index is 13.2. The largest absolute Gasteiger partial charge is 0.478 e. The van der Waals surface area contributed by atoms with Crippen LogP contribution in [0.25, 0.3) is 0 Å². The normalized spacial score (nSPS) is 10.0. The number of aryl methyl sites for hydroxylation is 1. The Kier molecular flexibility index (Phi) is 3.49. The zero-order chi connectivity index (χ0) is 11.4. The van der Waals surface area contributed by atoms with E-state index in [1.807, 2.05) is 0 Å². The Morgan fingerprint density at radius 1 is 1.33 bits per heavy atom. The second kappa shape index (κ2) is 4.63. The first-order chi connectivity index (χ1) is 7.06. The van der Waals surface area contributed by atoms with Crippen molar-refractivity contribution in [3.8, 4) is 0 Å². The molecule has 0 aliphatic heterocycles. The molecule has 0 bridgehead atoms. The van der Waals surface area contributed by atoms with Gasteiger partial charge in [-0.25, -0.2) is 13.6 Å². The number of carboxylic acid groups (broad SMARTS) is 1. The summed E-state index contributed by atoms with van der Waals surface area (Å²) in [7, 11) is 0. The van der Waals surface area contributed by atoms with Crippen molar-refractivity contribution < 1.29 is 23.5 Å². The highest BCUT2D eigenvalue weighted by atomic mass is 19.1. The Balaban J connectivity index is 3.07. The van der Waals surface area contributed by atoms with E-state index in [9.17, 15) is 18.4 Å². The molecule has 0 radical (unpaired) electrons. The molecule has 0 unspecified atom stereocenters. The Bertz CT molecular complexity index is 402. The molecular weight excluding hydrogens is 206 g/mol. The van der Waals surface area contributed by atoms with Gasteiger partial charge in [0, 0.05) is 6.42 Å². The second-order valence-corrected chi connectivity index (χ2v) is 2.93. The fourth-order valence-electron chi connectivity index (χ4n) is 1.16. The summed E-state index contributed by atoms with van der Waals surface area (Å²) in [5, 5.41) is 8.49. The zero-order valence-corrected chi connectivity index (χ0v) is 7.67. The van der Waals surface area contributed by atoms with Crippen molar-refractivity contribution in [3.63, 3.8) is 0 Å². The lowest BCUT2D eigenvalue weighted by atomic mass is 10.1. The van der Waals surface area contributed by atoms with Crippen LogP contribution in [0.15, 0.2) is 12.1 Å². The Morgan fingerprint density at radius 3 is 2.53 bits per heavy atom. The van der Waals surface area contributed by atoms with E-state index in [1.165, 1.54) is 0 Å². The summed E-state index contributed by atoms with van der Waals surface area (Å²) in [6.07, 6.45) is 0.720. The standard InChI is InChI=1S/C10H8F2O3/c11-8-5-7(10(14)15)9(12)4-6(8)2-1-3-13/h3-5H,1-2H2,(H,14,15). The van der Waals surface area contributed by atoms with E-state index in [4.69, 9.17) is 5.11 Å². The Labute approximate surface area is 84.3 Å². The third-order valence-electron chi connectivity index (χ3n) is 1.90. The van der Waals surface area contributed by atoms with Gasteiger partial charge in [0.1, 0.15) is 17.9 Å². The molecule has 0 saturated heterocycles. The lowest BCUT2D eigenvalue weighted by molar-refractivity contribution is -0.107. The molecule has 0 aromatic heterocycles. The molecule has 1 aromatic rings. The summed E-state index contributed by atoms with van der Waals surface area (Å²) in [6.45, 7) is 0. The quantitative estimate of drug-likeness (QED) is 0.777. The molecule has 0 saturated carbocycles. The predicted molar refractivity (Wildman–Crippen MR) is 47.7 cm³/mol. The number of hydrogen-bond acceptors (Lipinski definition) is 2. The lowest BCUT2D eigenvalue weighted by Gasteiger charge is -2.03. The molecule has 5 heteroatoms. The third kappa shape index (κ3) is 2.59. The molecule has 0 amide bonds. The number of carbonyl (C=O) groups is 2. The fourth-order valence-corrected chi connectivity index (χ4v) is 1.16. The molecular formula is C10H8F2O3. The number of carboxylic acids is 1. The second-order valence-electron chi connectivity index (χ2n) is 2.93. The van der Waals surface area contributed by atoms with Crippen molar-refractivity contribution in [3.05, 3.63) is 34.9 Å². The van der Waals surface area contributed by atoms with Gasteiger partial charge >= 0.3 is 5.97 Å². The van der Waals surface area contributed by atoms with Gasteiger partial charge in [0.25, 0.3) is 0 Å². The number of halogens is 2. The summed E-state index contributed by atoms with van der Waals surface area (Å²) >= 11 is 0. The monoisotopic (exact) mass is 214 g/mol. The van der Waals surface area contributed by atoms with Gasteiger partial charge in [-0.1, -0.05) is 0 Å². The Morgan fingerprint density at radius 2 is 2.00 bits per heavy atom. The average molecular weight is 214 g/mol. The van der Waals surface area contributed by atoms with Gasteiger partial charge in [-0.3, -0.25) is 0 Å². The van der Waals surface area contributed by atoms with Crippen molar-refractivity contribution in [2.24, 2.45) is 0 Å².